The largest absolute Gasteiger partial charge is 0.454 e. The smallest absolute Gasteiger partial charge is 0.450 e. The Kier molecular flexibility index (Phi) is 2.52. The summed E-state index contributed by atoms with van der Waals surface area (Å²) in [6, 6.07) is 0. The number of ether oxygens (including phenoxy) is 1. The summed E-state index contributed by atoms with van der Waals surface area (Å²) in [5.74, 6) is 0. The maximum Gasteiger partial charge on any atom is 0.454 e. The van der Waals surface area contributed by atoms with Gasteiger partial charge in [-0.25, -0.2) is 4.79 Å². The number of carbonyl (C=O) groups excluding carboxylic acids is 1. The topological polar surface area (TPSA) is 63.7 Å². The Morgan fingerprint density at radius 3 is 2.10 bits per heavy atom. The van der Waals surface area contributed by atoms with Crippen LogP contribution in [0.4, 0.5) is 13.2 Å². The summed E-state index contributed by atoms with van der Waals surface area (Å²) in [5, 5.41) is 0. The fraction of sp³-hybridized carbons (Fsp3) is 0.500. The van der Waals surface area contributed by atoms with Crippen molar-refractivity contribution in [3.8, 4) is 0 Å². The lowest BCUT2D eigenvalue weighted by molar-refractivity contribution is 0.0812. The lowest BCUT2D eigenvalue weighted by Gasteiger charge is -2.02. The molecule has 0 bridgehead atoms. The average molecular weight is 175 g/mol. The molecule has 0 fully saturated rings. The third-order valence-electron chi connectivity index (χ3n) is 0.510. The molecular weight excluding hydrogens is 172 g/mol. The SMILES string of the molecule is COC(=O)N(F)S(=O)(=O)F. The molecule has 0 radical (unpaired) electrons. The van der Waals surface area contributed by atoms with Gasteiger partial charge in [0.05, 0.1) is 7.11 Å². The number of nitrogens with zero attached hydrogens (tertiary/aromatic N) is 1. The Hall–Kier alpha value is -0.920. The Morgan fingerprint density at radius 1 is 1.60 bits per heavy atom. The molecule has 0 rings (SSSR count). The van der Waals surface area contributed by atoms with Gasteiger partial charge in [-0.15, -0.1) is 0 Å². The molecule has 0 saturated heterocycles. The number of methoxy groups -OCH3 is 1. The first-order valence-electron chi connectivity index (χ1n) is 1.88. The lowest BCUT2D eigenvalue weighted by Crippen LogP contribution is -2.25. The highest BCUT2D eigenvalue weighted by Crippen LogP contribution is 2.04. The third kappa shape index (κ3) is 2.13. The molecule has 0 aromatic heterocycles. The van der Waals surface area contributed by atoms with Crippen LogP contribution < -0.4 is 0 Å². The molecule has 10 heavy (non-hydrogen) atoms. The van der Waals surface area contributed by atoms with E-state index in [0.29, 0.717) is 7.11 Å². The van der Waals surface area contributed by atoms with Crippen LogP contribution in [0.1, 0.15) is 0 Å². The number of amides is 1. The molecule has 0 N–H and O–H groups in total. The first kappa shape index (κ1) is 9.08. The van der Waals surface area contributed by atoms with Crippen molar-refractivity contribution in [2.75, 3.05) is 7.11 Å². The van der Waals surface area contributed by atoms with Crippen LogP contribution in [-0.4, -0.2) is 26.1 Å². The van der Waals surface area contributed by atoms with Crippen molar-refractivity contribution in [2.24, 2.45) is 0 Å². The normalized spacial score (nSPS) is 10.7. The fourth-order valence-electron chi connectivity index (χ4n) is 0.161. The van der Waals surface area contributed by atoms with Crippen molar-refractivity contribution in [2.45, 2.75) is 0 Å². The van der Waals surface area contributed by atoms with Crippen molar-refractivity contribution in [1.29, 1.82) is 0 Å². The van der Waals surface area contributed by atoms with Crippen molar-refractivity contribution in [3.05, 3.63) is 0 Å². The summed E-state index contributed by atoms with van der Waals surface area (Å²) >= 11 is 0. The Balaban J connectivity index is 4.39. The summed E-state index contributed by atoms with van der Waals surface area (Å²) in [5.41, 5.74) is 0. The van der Waals surface area contributed by atoms with E-state index in [9.17, 15) is 21.6 Å². The summed E-state index contributed by atoms with van der Waals surface area (Å²) in [6.07, 6.45) is -1.93. The zero-order valence-electron chi connectivity index (χ0n) is 4.74. The highest BCUT2D eigenvalue weighted by atomic mass is 32.3. The minimum atomic E-state index is -5.62. The quantitative estimate of drug-likeness (QED) is 0.420. The van der Waals surface area contributed by atoms with Gasteiger partial charge in [0.15, 0.2) is 0 Å². The van der Waals surface area contributed by atoms with Crippen LogP contribution >= 0.6 is 0 Å². The second kappa shape index (κ2) is 2.78. The van der Waals surface area contributed by atoms with Gasteiger partial charge in [0.25, 0.3) is 0 Å². The average Bonchev–Trinajstić information content (AvgIpc) is 1.83. The monoisotopic (exact) mass is 175 g/mol. The molecular formula is C2H3F2NO4S. The molecule has 0 saturated carbocycles. The molecule has 5 nitrogen and oxygen atoms in total. The van der Waals surface area contributed by atoms with Crippen LogP contribution in [0.15, 0.2) is 0 Å². The zero-order chi connectivity index (χ0) is 8.36. The Morgan fingerprint density at radius 2 is 2.00 bits per heavy atom. The second-order valence-electron chi connectivity index (χ2n) is 1.13. The molecule has 8 heteroatoms. The minimum Gasteiger partial charge on any atom is -0.450 e. The molecule has 0 aliphatic rings. The number of rotatable bonds is 1. The number of halogens is 2. The standard InChI is InChI=1S/C2H3F2NO4S/c1-9-2(6)5(3)10(4,7)8/h1H3. The van der Waals surface area contributed by atoms with E-state index in [1.165, 1.54) is 0 Å². The molecule has 0 heterocycles. The van der Waals surface area contributed by atoms with E-state index in [1.807, 2.05) is 0 Å². The van der Waals surface area contributed by atoms with Crippen LogP contribution in [0.5, 0.6) is 0 Å². The molecule has 0 aromatic carbocycles. The van der Waals surface area contributed by atoms with Gasteiger partial charge in [-0.3, -0.25) is 0 Å². The van der Waals surface area contributed by atoms with Gasteiger partial charge >= 0.3 is 16.5 Å². The molecule has 0 aromatic rings. The van der Waals surface area contributed by atoms with E-state index in [4.69, 9.17) is 0 Å². The fourth-order valence-corrected chi connectivity index (χ4v) is 0.413. The van der Waals surface area contributed by atoms with Gasteiger partial charge in [-0.1, -0.05) is 8.37 Å². The zero-order valence-corrected chi connectivity index (χ0v) is 5.56. The van der Waals surface area contributed by atoms with E-state index in [1.54, 1.807) is 0 Å². The summed E-state index contributed by atoms with van der Waals surface area (Å²) in [6.45, 7) is 0. The van der Waals surface area contributed by atoms with Crippen molar-refractivity contribution in [1.82, 2.24) is 4.53 Å². The molecule has 0 aliphatic heterocycles. The van der Waals surface area contributed by atoms with E-state index < -0.39 is 21.0 Å². The highest BCUT2D eigenvalue weighted by Gasteiger charge is 2.28. The van der Waals surface area contributed by atoms with Crippen molar-refractivity contribution >= 4 is 16.5 Å². The van der Waals surface area contributed by atoms with Crippen LogP contribution in [0, 0.1) is 0 Å². The minimum absolute atomic E-state index is 0.708. The molecule has 60 valence electrons. The first-order valence-corrected chi connectivity index (χ1v) is 3.22. The highest BCUT2D eigenvalue weighted by molar-refractivity contribution is 7.84. The predicted molar refractivity (Wildman–Crippen MR) is 25.4 cm³/mol. The van der Waals surface area contributed by atoms with Crippen LogP contribution in [0.25, 0.3) is 0 Å². The van der Waals surface area contributed by atoms with Gasteiger partial charge in [0.2, 0.25) is 0 Å². The molecule has 1 amide bonds. The van der Waals surface area contributed by atoms with Gasteiger partial charge in [0, 0.05) is 0 Å². The maximum atomic E-state index is 11.7. The van der Waals surface area contributed by atoms with Crippen molar-refractivity contribution < 1.29 is 26.3 Å². The Labute approximate surface area is 55.5 Å². The van der Waals surface area contributed by atoms with Gasteiger partial charge < -0.3 is 4.74 Å². The molecule has 0 atom stereocenters. The summed E-state index contributed by atoms with van der Waals surface area (Å²) in [7, 11) is -4.91. The number of hydrogen-bond acceptors (Lipinski definition) is 4. The summed E-state index contributed by atoms with van der Waals surface area (Å²) < 4.78 is 44.1. The first-order chi connectivity index (χ1) is 4.39. The lowest BCUT2D eigenvalue weighted by atomic mass is 11.2. The number of hydrogen-bond donors (Lipinski definition) is 0. The Bertz CT molecular complexity index is 223. The van der Waals surface area contributed by atoms with Crippen molar-refractivity contribution in [3.63, 3.8) is 0 Å². The van der Waals surface area contributed by atoms with E-state index in [-0.39, 0.29) is 0 Å². The van der Waals surface area contributed by atoms with Crippen LogP contribution in [0.2, 0.25) is 0 Å². The van der Waals surface area contributed by atoms with Gasteiger partial charge in [-0.2, -0.15) is 8.42 Å². The molecule has 0 aliphatic carbocycles. The maximum absolute atomic E-state index is 11.7. The predicted octanol–water partition coefficient (Wildman–Crippen LogP) is 0.154. The second-order valence-corrected chi connectivity index (χ2v) is 2.27. The third-order valence-corrected chi connectivity index (χ3v) is 1.04. The van der Waals surface area contributed by atoms with Gasteiger partial charge in [0.1, 0.15) is 0 Å². The van der Waals surface area contributed by atoms with E-state index in [2.05, 4.69) is 4.74 Å². The summed E-state index contributed by atoms with van der Waals surface area (Å²) in [4.78, 5) is 9.87. The van der Waals surface area contributed by atoms with E-state index >= 15 is 0 Å². The van der Waals surface area contributed by atoms with Crippen LogP contribution in [0.3, 0.4) is 0 Å². The number of carbonyl (C=O) groups is 1. The van der Waals surface area contributed by atoms with Gasteiger partial charge in [-0.05, 0) is 4.53 Å². The molecule has 0 unspecified atom stereocenters. The van der Waals surface area contributed by atoms with Crippen LogP contribution in [-0.2, 0) is 15.1 Å². The molecule has 0 spiro atoms. The van der Waals surface area contributed by atoms with E-state index in [0.717, 1.165) is 0 Å².